The minimum absolute atomic E-state index is 0.335. The fraction of sp³-hybridized carbons (Fsp3) is 0.357. The fourth-order valence-electron chi connectivity index (χ4n) is 2.30. The highest BCUT2D eigenvalue weighted by Gasteiger charge is 2.21. The van der Waals surface area contributed by atoms with Gasteiger partial charge in [0.2, 0.25) is 0 Å². The molecule has 0 radical (unpaired) electrons. The van der Waals surface area contributed by atoms with Crippen LogP contribution in [0.3, 0.4) is 0 Å². The first-order valence-electron chi connectivity index (χ1n) is 6.44. The van der Waals surface area contributed by atoms with Gasteiger partial charge < -0.3 is 0 Å². The summed E-state index contributed by atoms with van der Waals surface area (Å²) < 4.78 is 30.0. The van der Waals surface area contributed by atoms with Crippen molar-refractivity contribution in [3.63, 3.8) is 0 Å². The fourth-order valence-corrected chi connectivity index (χ4v) is 2.80. The van der Waals surface area contributed by atoms with Crippen molar-refractivity contribution in [3.05, 3.63) is 50.8 Å². The van der Waals surface area contributed by atoms with Crippen molar-refractivity contribution in [1.29, 1.82) is 0 Å². The van der Waals surface area contributed by atoms with Gasteiger partial charge in [0.1, 0.15) is 11.6 Å². The van der Waals surface area contributed by atoms with Crippen LogP contribution < -0.4 is 11.3 Å². The molecule has 1 aromatic carbocycles. The van der Waals surface area contributed by atoms with Gasteiger partial charge in [-0.25, -0.2) is 8.78 Å². The van der Waals surface area contributed by atoms with Crippen molar-refractivity contribution in [2.75, 3.05) is 0 Å². The Bertz CT molecular complexity index is 669. The van der Waals surface area contributed by atoms with E-state index in [4.69, 9.17) is 5.84 Å². The highest BCUT2D eigenvalue weighted by Crippen LogP contribution is 2.28. The number of nitrogens with one attached hydrogen (secondary N) is 1. The number of benzene rings is 1. The van der Waals surface area contributed by atoms with Crippen molar-refractivity contribution in [3.8, 4) is 0 Å². The number of hydrogen-bond donors (Lipinski definition) is 2. The van der Waals surface area contributed by atoms with Crippen LogP contribution in [0, 0.1) is 25.5 Å². The average molecular weight is 359 g/mol. The molecular formula is C14H17BrF2N4. The first-order chi connectivity index (χ1) is 9.85. The molecule has 114 valence electrons. The molecule has 2 aromatic rings. The van der Waals surface area contributed by atoms with E-state index >= 15 is 0 Å². The molecule has 1 aromatic heterocycles. The van der Waals surface area contributed by atoms with Crippen molar-refractivity contribution >= 4 is 15.9 Å². The number of nitrogens with zero attached hydrogens (tertiary/aromatic N) is 2. The molecule has 3 N–H and O–H groups in total. The molecule has 1 atom stereocenters. The SMILES string of the molecule is Cc1cc(C(Cc2c(Br)c(C)nn2C)NN)c(F)cc1F. The molecule has 1 heterocycles. The lowest BCUT2D eigenvalue weighted by molar-refractivity contribution is 0.489. The molecule has 0 aliphatic carbocycles. The van der Waals surface area contributed by atoms with E-state index in [0.717, 1.165) is 21.9 Å². The second-order valence-corrected chi connectivity index (χ2v) is 5.81. The van der Waals surface area contributed by atoms with Crippen LogP contribution in [0.1, 0.15) is 28.6 Å². The minimum Gasteiger partial charge on any atom is -0.271 e. The molecule has 2 rings (SSSR count). The van der Waals surface area contributed by atoms with E-state index in [0.29, 0.717) is 17.5 Å². The van der Waals surface area contributed by atoms with Crippen LogP contribution in [0.25, 0.3) is 0 Å². The van der Waals surface area contributed by atoms with Crippen LogP contribution in [0.2, 0.25) is 0 Å². The molecule has 0 spiro atoms. The van der Waals surface area contributed by atoms with Crippen LogP contribution in [-0.2, 0) is 13.5 Å². The van der Waals surface area contributed by atoms with Crippen molar-refractivity contribution in [1.82, 2.24) is 15.2 Å². The summed E-state index contributed by atoms with van der Waals surface area (Å²) in [5.41, 5.74) is 5.04. The van der Waals surface area contributed by atoms with Crippen molar-refractivity contribution in [2.45, 2.75) is 26.3 Å². The van der Waals surface area contributed by atoms with Gasteiger partial charge in [0, 0.05) is 25.1 Å². The second-order valence-electron chi connectivity index (χ2n) is 5.02. The number of hydrogen-bond acceptors (Lipinski definition) is 3. The Morgan fingerprint density at radius 2 is 2.00 bits per heavy atom. The summed E-state index contributed by atoms with van der Waals surface area (Å²) in [6.45, 7) is 3.47. The standard InChI is InChI=1S/C14H17BrF2N4/c1-7-4-9(11(17)5-10(7)16)12(19-18)6-13-14(15)8(2)20-21(13)3/h4-5,12,19H,6,18H2,1-3H3. The molecule has 0 bridgehead atoms. The number of aromatic nitrogens is 2. The Hall–Kier alpha value is -1.31. The van der Waals surface area contributed by atoms with Crippen LogP contribution >= 0.6 is 15.9 Å². The van der Waals surface area contributed by atoms with Gasteiger partial charge in [-0.3, -0.25) is 16.0 Å². The Labute approximate surface area is 130 Å². The first kappa shape index (κ1) is 16.1. The van der Waals surface area contributed by atoms with Gasteiger partial charge in [-0.15, -0.1) is 0 Å². The summed E-state index contributed by atoms with van der Waals surface area (Å²) in [5, 5.41) is 4.29. The lowest BCUT2D eigenvalue weighted by Crippen LogP contribution is -2.31. The normalized spacial score (nSPS) is 12.7. The third kappa shape index (κ3) is 3.14. The maximum atomic E-state index is 14.0. The molecule has 0 aliphatic rings. The summed E-state index contributed by atoms with van der Waals surface area (Å²) in [7, 11) is 1.81. The number of halogens is 3. The van der Waals surface area contributed by atoms with E-state index < -0.39 is 17.7 Å². The summed E-state index contributed by atoms with van der Waals surface area (Å²) in [5.74, 6) is 4.38. The van der Waals surface area contributed by atoms with E-state index in [1.165, 1.54) is 6.07 Å². The monoisotopic (exact) mass is 358 g/mol. The van der Waals surface area contributed by atoms with E-state index in [2.05, 4.69) is 26.5 Å². The Kier molecular flexibility index (Phi) is 4.75. The highest BCUT2D eigenvalue weighted by atomic mass is 79.9. The maximum absolute atomic E-state index is 14.0. The maximum Gasteiger partial charge on any atom is 0.130 e. The molecule has 21 heavy (non-hydrogen) atoms. The number of hydrazine groups is 1. The van der Waals surface area contributed by atoms with E-state index in [-0.39, 0.29) is 0 Å². The Balaban J connectivity index is 2.39. The van der Waals surface area contributed by atoms with E-state index in [1.807, 2.05) is 14.0 Å². The Morgan fingerprint density at radius 3 is 2.52 bits per heavy atom. The minimum atomic E-state index is -0.615. The molecular weight excluding hydrogens is 342 g/mol. The molecule has 0 aliphatic heterocycles. The Morgan fingerprint density at radius 1 is 1.33 bits per heavy atom. The molecule has 4 nitrogen and oxygen atoms in total. The number of rotatable bonds is 4. The van der Waals surface area contributed by atoms with Gasteiger partial charge in [-0.2, -0.15) is 5.10 Å². The van der Waals surface area contributed by atoms with Gasteiger partial charge in [-0.05, 0) is 41.4 Å². The molecule has 0 saturated heterocycles. The summed E-state index contributed by atoms with van der Waals surface area (Å²) in [6.07, 6.45) is 0.427. The predicted octanol–water partition coefficient (Wildman–Crippen LogP) is 2.82. The quantitative estimate of drug-likeness (QED) is 0.652. The van der Waals surface area contributed by atoms with E-state index in [9.17, 15) is 8.78 Å². The predicted molar refractivity (Wildman–Crippen MR) is 80.5 cm³/mol. The van der Waals surface area contributed by atoms with Gasteiger partial charge in [0.15, 0.2) is 0 Å². The third-order valence-corrected chi connectivity index (χ3v) is 4.55. The van der Waals surface area contributed by atoms with Gasteiger partial charge in [0.05, 0.1) is 21.9 Å². The van der Waals surface area contributed by atoms with Gasteiger partial charge >= 0.3 is 0 Å². The number of aryl methyl sites for hydroxylation is 3. The highest BCUT2D eigenvalue weighted by molar-refractivity contribution is 9.10. The second kappa shape index (κ2) is 6.21. The molecule has 0 saturated carbocycles. The van der Waals surface area contributed by atoms with Crippen LogP contribution in [-0.4, -0.2) is 9.78 Å². The average Bonchev–Trinajstić information content (AvgIpc) is 2.66. The topological polar surface area (TPSA) is 55.9 Å². The van der Waals surface area contributed by atoms with Crippen molar-refractivity contribution < 1.29 is 8.78 Å². The lowest BCUT2D eigenvalue weighted by atomic mass is 9.99. The van der Waals surface area contributed by atoms with Crippen LogP contribution in [0.4, 0.5) is 8.78 Å². The van der Waals surface area contributed by atoms with Crippen LogP contribution in [0.5, 0.6) is 0 Å². The largest absolute Gasteiger partial charge is 0.271 e. The number of nitrogens with two attached hydrogens (primary N) is 1. The molecule has 0 fully saturated rings. The summed E-state index contributed by atoms with van der Waals surface area (Å²) in [6, 6.07) is 1.89. The molecule has 7 heteroatoms. The third-order valence-electron chi connectivity index (χ3n) is 3.51. The van der Waals surface area contributed by atoms with E-state index in [1.54, 1.807) is 11.6 Å². The molecule has 1 unspecified atom stereocenters. The molecule has 0 amide bonds. The zero-order valence-corrected chi connectivity index (χ0v) is 13.6. The summed E-state index contributed by atoms with van der Waals surface area (Å²) in [4.78, 5) is 0. The zero-order valence-electron chi connectivity index (χ0n) is 12.0. The first-order valence-corrected chi connectivity index (χ1v) is 7.24. The smallest absolute Gasteiger partial charge is 0.130 e. The van der Waals surface area contributed by atoms with Gasteiger partial charge in [-0.1, -0.05) is 0 Å². The summed E-state index contributed by atoms with van der Waals surface area (Å²) >= 11 is 3.47. The zero-order chi connectivity index (χ0) is 15.7. The lowest BCUT2D eigenvalue weighted by Gasteiger charge is -2.18. The van der Waals surface area contributed by atoms with Crippen molar-refractivity contribution in [2.24, 2.45) is 12.9 Å². The van der Waals surface area contributed by atoms with Crippen LogP contribution in [0.15, 0.2) is 16.6 Å². The van der Waals surface area contributed by atoms with Gasteiger partial charge in [0.25, 0.3) is 0 Å².